The van der Waals surface area contributed by atoms with Crippen LogP contribution in [0.2, 0.25) is 0 Å². The fourth-order valence-electron chi connectivity index (χ4n) is 4.39. The maximum atomic E-state index is 12.4. The van der Waals surface area contributed by atoms with Crippen LogP contribution in [0.5, 0.6) is 5.75 Å². The smallest absolute Gasteiger partial charge is 0.306 e. The molecule has 1 aromatic rings. The number of unbranched alkanes of at least 4 members (excludes halogenated alkanes) is 8. The van der Waals surface area contributed by atoms with Crippen molar-refractivity contribution < 1.29 is 14.3 Å². The summed E-state index contributed by atoms with van der Waals surface area (Å²) in [4.78, 5) is 12.4. The maximum absolute atomic E-state index is 12.4. The highest BCUT2D eigenvalue weighted by atomic mass is 16.5. The van der Waals surface area contributed by atoms with Gasteiger partial charge in [-0.3, -0.25) is 4.79 Å². The highest BCUT2D eigenvalue weighted by molar-refractivity contribution is 5.69. The van der Waals surface area contributed by atoms with Gasteiger partial charge in [-0.05, 0) is 43.4 Å². The Kier molecular flexibility index (Phi) is 12.3. The quantitative estimate of drug-likeness (QED) is 0.167. The Morgan fingerprint density at radius 3 is 2.27 bits per heavy atom. The van der Waals surface area contributed by atoms with E-state index in [1.165, 1.54) is 56.9 Å². The van der Waals surface area contributed by atoms with Crippen LogP contribution in [0.4, 0.5) is 0 Å². The number of carbonyl (C=O) groups is 1. The number of carbonyl (C=O) groups excluding carboxylic acids is 1. The van der Waals surface area contributed by atoms with Gasteiger partial charge in [0.25, 0.3) is 0 Å². The molecule has 3 heteroatoms. The van der Waals surface area contributed by atoms with Crippen LogP contribution < -0.4 is 4.74 Å². The molecule has 0 radical (unpaired) electrons. The summed E-state index contributed by atoms with van der Waals surface area (Å²) in [5.74, 6) is 1.15. The monoisotopic (exact) mass is 414 g/mol. The number of esters is 1. The molecule has 30 heavy (non-hydrogen) atoms. The lowest BCUT2D eigenvalue weighted by Crippen LogP contribution is -2.28. The van der Waals surface area contributed by atoms with Gasteiger partial charge in [-0.1, -0.05) is 89.5 Å². The molecule has 0 aromatic heterocycles. The van der Waals surface area contributed by atoms with Gasteiger partial charge in [-0.2, -0.15) is 0 Å². The van der Waals surface area contributed by atoms with Crippen LogP contribution in [-0.4, -0.2) is 18.7 Å². The molecule has 1 aromatic carbocycles. The third-order valence-electron chi connectivity index (χ3n) is 6.15. The molecule has 0 aliphatic heterocycles. The van der Waals surface area contributed by atoms with Gasteiger partial charge in [0, 0.05) is 12.3 Å². The third-order valence-corrected chi connectivity index (χ3v) is 6.15. The van der Waals surface area contributed by atoms with Crippen molar-refractivity contribution in [2.45, 2.75) is 109 Å². The zero-order chi connectivity index (χ0) is 21.4. The van der Waals surface area contributed by atoms with E-state index < -0.39 is 0 Å². The molecule has 0 amide bonds. The van der Waals surface area contributed by atoms with Crippen LogP contribution >= 0.6 is 0 Å². The molecule has 2 atom stereocenters. The second-order valence-corrected chi connectivity index (χ2v) is 8.67. The molecule has 0 unspecified atom stereocenters. The molecule has 0 spiro atoms. The summed E-state index contributed by atoms with van der Waals surface area (Å²) in [5, 5.41) is 0. The van der Waals surface area contributed by atoms with E-state index in [4.69, 9.17) is 9.47 Å². The van der Waals surface area contributed by atoms with Crippen molar-refractivity contribution in [2.75, 3.05) is 6.61 Å². The zero-order valence-corrected chi connectivity index (χ0v) is 19.1. The second-order valence-electron chi connectivity index (χ2n) is 8.67. The van der Waals surface area contributed by atoms with Gasteiger partial charge in [-0.25, -0.2) is 0 Å². The van der Waals surface area contributed by atoms with E-state index in [0.717, 1.165) is 37.9 Å². The Morgan fingerprint density at radius 1 is 0.967 bits per heavy atom. The lowest BCUT2D eigenvalue weighted by molar-refractivity contribution is -0.151. The van der Waals surface area contributed by atoms with Crippen LogP contribution in [0.25, 0.3) is 0 Å². The van der Waals surface area contributed by atoms with E-state index in [0.29, 0.717) is 18.9 Å². The average Bonchev–Trinajstić information content (AvgIpc) is 2.77. The Morgan fingerprint density at radius 2 is 1.60 bits per heavy atom. The van der Waals surface area contributed by atoms with Gasteiger partial charge in [-0.15, -0.1) is 0 Å². The van der Waals surface area contributed by atoms with E-state index in [1.807, 2.05) is 12.1 Å². The SMILES string of the molecule is C=CCOc1ccc([C@H]2CCCC[C@@H]2OC(=O)CCCCCCCCCCC)cc1. The first-order valence-corrected chi connectivity index (χ1v) is 12.3. The van der Waals surface area contributed by atoms with E-state index in [2.05, 4.69) is 25.6 Å². The first-order valence-electron chi connectivity index (χ1n) is 12.3. The summed E-state index contributed by atoms with van der Waals surface area (Å²) in [6.07, 6.45) is 18.1. The topological polar surface area (TPSA) is 35.5 Å². The predicted molar refractivity (Wildman–Crippen MR) is 125 cm³/mol. The zero-order valence-electron chi connectivity index (χ0n) is 19.1. The fraction of sp³-hybridized carbons (Fsp3) is 0.667. The molecular weight excluding hydrogens is 372 g/mol. The molecule has 0 N–H and O–H groups in total. The normalized spacial score (nSPS) is 18.7. The minimum Gasteiger partial charge on any atom is -0.490 e. The Balaban J connectivity index is 1.69. The van der Waals surface area contributed by atoms with E-state index >= 15 is 0 Å². The van der Waals surface area contributed by atoms with Gasteiger partial charge < -0.3 is 9.47 Å². The number of hydrogen-bond acceptors (Lipinski definition) is 3. The summed E-state index contributed by atoms with van der Waals surface area (Å²) in [6.45, 7) is 6.45. The first-order chi connectivity index (χ1) is 14.7. The summed E-state index contributed by atoms with van der Waals surface area (Å²) in [6, 6.07) is 8.26. The molecular formula is C27H42O3. The summed E-state index contributed by atoms with van der Waals surface area (Å²) < 4.78 is 11.5. The van der Waals surface area contributed by atoms with Crippen molar-refractivity contribution in [3.05, 3.63) is 42.5 Å². The van der Waals surface area contributed by atoms with Crippen molar-refractivity contribution in [1.29, 1.82) is 0 Å². The lowest BCUT2D eigenvalue weighted by atomic mass is 9.81. The molecule has 3 nitrogen and oxygen atoms in total. The molecule has 168 valence electrons. The molecule has 1 saturated carbocycles. The maximum Gasteiger partial charge on any atom is 0.306 e. The Bertz CT molecular complexity index is 593. The molecule has 1 aliphatic rings. The van der Waals surface area contributed by atoms with Crippen LogP contribution in [0.3, 0.4) is 0 Å². The summed E-state index contributed by atoms with van der Waals surface area (Å²) in [7, 11) is 0. The van der Waals surface area contributed by atoms with Crippen LogP contribution in [0.15, 0.2) is 36.9 Å². The fourth-order valence-corrected chi connectivity index (χ4v) is 4.39. The average molecular weight is 415 g/mol. The van der Waals surface area contributed by atoms with Crippen molar-refractivity contribution >= 4 is 5.97 Å². The molecule has 0 bridgehead atoms. The first kappa shape index (κ1) is 24.5. The predicted octanol–water partition coefficient (Wildman–Crippen LogP) is 7.74. The van der Waals surface area contributed by atoms with Crippen LogP contribution in [0, 0.1) is 0 Å². The number of ether oxygens (including phenoxy) is 2. The van der Waals surface area contributed by atoms with E-state index in [9.17, 15) is 4.79 Å². The van der Waals surface area contributed by atoms with Crippen molar-refractivity contribution in [3.8, 4) is 5.75 Å². The van der Waals surface area contributed by atoms with Gasteiger partial charge >= 0.3 is 5.97 Å². The number of hydrogen-bond donors (Lipinski definition) is 0. The van der Waals surface area contributed by atoms with Crippen molar-refractivity contribution in [2.24, 2.45) is 0 Å². The standard InChI is InChI=1S/C27H42O3/c1-3-5-6-7-8-9-10-11-12-17-27(28)30-26-16-14-13-15-25(26)23-18-20-24(21-19-23)29-22-4-2/h4,18-21,25-26H,2-3,5-17,22H2,1H3/t25-,26+/m1/s1. The molecule has 0 saturated heterocycles. The van der Waals surface area contributed by atoms with Crippen LogP contribution in [0.1, 0.15) is 108 Å². The summed E-state index contributed by atoms with van der Waals surface area (Å²) in [5.41, 5.74) is 1.25. The molecule has 1 aliphatic carbocycles. The van der Waals surface area contributed by atoms with Crippen LogP contribution in [-0.2, 0) is 9.53 Å². The summed E-state index contributed by atoms with van der Waals surface area (Å²) >= 11 is 0. The van der Waals surface area contributed by atoms with Gasteiger partial charge in [0.05, 0.1) is 0 Å². The second kappa shape index (κ2) is 15.1. The minimum absolute atomic E-state index is 0.0132. The van der Waals surface area contributed by atoms with E-state index in [-0.39, 0.29) is 12.1 Å². The highest BCUT2D eigenvalue weighted by Gasteiger charge is 2.29. The third kappa shape index (κ3) is 9.36. The number of benzene rings is 1. The van der Waals surface area contributed by atoms with E-state index in [1.54, 1.807) is 6.08 Å². The minimum atomic E-state index is -0.0132. The van der Waals surface area contributed by atoms with Crippen molar-refractivity contribution in [3.63, 3.8) is 0 Å². The largest absolute Gasteiger partial charge is 0.490 e. The highest BCUT2D eigenvalue weighted by Crippen LogP contribution is 2.36. The van der Waals surface area contributed by atoms with Gasteiger partial charge in [0.15, 0.2) is 0 Å². The Hall–Kier alpha value is -1.77. The van der Waals surface area contributed by atoms with Gasteiger partial charge in [0.2, 0.25) is 0 Å². The lowest BCUT2D eigenvalue weighted by Gasteiger charge is -2.31. The Labute approximate surface area is 184 Å². The van der Waals surface area contributed by atoms with Crippen molar-refractivity contribution in [1.82, 2.24) is 0 Å². The molecule has 2 rings (SSSR count). The molecule has 1 fully saturated rings. The van der Waals surface area contributed by atoms with Gasteiger partial charge in [0.1, 0.15) is 18.5 Å². The molecule has 0 heterocycles. The number of rotatable bonds is 15.